The Morgan fingerprint density at radius 1 is 1.27 bits per heavy atom. The molecule has 0 aromatic carbocycles. The summed E-state index contributed by atoms with van der Waals surface area (Å²) in [5.74, 6) is 0.257. The molecule has 0 saturated carbocycles. The van der Waals surface area contributed by atoms with Gasteiger partial charge in [0.1, 0.15) is 0 Å². The normalized spacial score (nSPS) is 14.3. The van der Waals surface area contributed by atoms with Gasteiger partial charge in [0.15, 0.2) is 5.78 Å². The summed E-state index contributed by atoms with van der Waals surface area (Å²) in [6.07, 6.45) is 0. The van der Waals surface area contributed by atoms with Crippen molar-refractivity contribution in [2.24, 2.45) is 5.41 Å². The number of likely N-dealkylation sites (N-methyl/N-ethyl adjacent to an activating group) is 1. The zero-order chi connectivity index (χ0) is 12.1. The predicted octanol–water partition coefficient (Wildman–Crippen LogP) is 1.96. The third kappa shape index (κ3) is 4.31. The fourth-order valence-corrected chi connectivity index (χ4v) is 1.67. The first kappa shape index (κ1) is 14.6. The van der Waals surface area contributed by atoms with Crippen molar-refractivity contribution < 1.29 is 9.53 Å². The van der Waals surface area contributed by atoms with E-state index in [1.807, 2.05) is 20.8 Å². The molecule has 3 heteroatoms. The molecule has 3 nitrogen and oxygen atoms in total. The largest absolute Gasteiger partial charge is 0.383 e. The van der Waals surface area contributed by atoms with Crippen LogP contribution in [0.2, 0.25) is 0 Å². The molecule has 0 bridgehead atoms. The Bertz CT molecular complexity index is 192. The monoisotopic (exact) mass is 215 g/mol. The summed E-state index contributed by atoms with van der Waals surface area (Å²) < 4.78 is 5.14. The molecule has 0 spiro atoms. The fraction of sp³-hybridized carbons (Fsp3) is 0.917. The van der Waals surface area contributed by atoms with Crippen LogP contribution in [0, 0.1) is 5.41 Å². The molecule has 0 unspecified atom stereocenters. The van der Waals surface area contributed by atoms with Crippen molar-refractivity contribution in [1.82, 2.24) is 4.90 Å². The highest BCUT2D eigenvalue weighted by Crippen LogP contribution is 2.19. The standard InChI is InChI=1S/C12H25NO2/c1-7-13(8-2)10(9-15-6)11(14)12(3,4)5/h10H,7-9H2,1-6H3/t10-/m0/s1. The number of methoxy groups -OCH3 is 1. The van der Waals surface area contributed by atoms with Crippen molar-refractivity contribution in [2.75, 3.05) is 26.8 Å². The van der Waals surface area contributed by atoms with E-state index in [0.717, 1.165) is 13.1 Å². The van der Waals surface area contributed by atoms with Gasteiger partial charge in [0.2, 0.25) is 0 Å². The first-order valence-electron chi connectivity index (χ1n) is 5.65. The zero-order valence-electron chi connectivity index (χ0n) is 11.0. The maximum Gasteiger partial charge on any atom is 0.157 e. The lowest BCUT2D eigenvalue weighted by molar-refractivity contribution is -0.133. The molecule has 0 amide bonds. The summed E-state index contributed by atoms with van der Waals surface area (Å²) in [4.78, 5) is 14.3. The first-order valence-corrected chi connectivity index (χ1v) is 5.65. The maximum atomic E-state index is 12.2. The van der Waals surface area contributed by atoms with Crippen LogP contribution < -0.4 is 0 Å². The van der Waals surface area contributed by atoms with Crippen molar-refractivity contribution in [3.05, 3.63) is 0 Å². The van der Waals surface area contributed by atoms with Crippen LogP contribution in [0.3, 0.4) is 0 Å². The van der Waals surface area contributed by atoms with Crippen LogP contribution in [0.5, 0.6) is 0 Å². The zero-order valence-corrected chi connectivity index (χ0v) is 11.0. The minimum Gasteiger partial charge on any atom is -0.383 e. The number of nitrogens with zero attached hydrogens (tertiary/aromatic N) is 1. The highest BCUT2D eigenvalue weighted by molar-refractivity contribution is 5.88. The smallest absolute Gasteiger partial charge is 0.157 e. The van der Waals surface area contributed by atoms with E-state index in [0.29, 0.717) is 6.61 Å². The van der Waals surface area contributed by atoms with Crippen molar-refractivity contribution >= 4 is 5.78 Å². The van der Waals surface area contributed by atoms with Crippen LogP contribution in [0.25, 0.3) is 0 Å². The molecule has 15 heavy (non-hydrogen) atoms. The molecule has 0 fully saturated rings. The molecule has 0 rings (SSSR count). The second-order valence-electron chi connectivity index (χ2n) is 4.81. The number of ether oxygens (including phenoxy) is 1. The Morgan fingerprint density at radius 2 is 1.73 bits per heavy atom. The van der Waals surface area contributed by atoms with Crippen LogP contribution in [0.1, 0.15) is 34.6 Å². The number of carbonyl (C=O) groups excluding carboxylic acids is 1. The predicted molar refractivity (Wildman–Crippen MR) is 63.0 cm³/mol. The van der Waals surface area contributed by atoms with Gasteiger partial charge in [-0.1, -0.05) is 34.6 Å². The van der Waals surface area contributed by atoms with E-state index in [4.69, 9.17) is 4.74 Å². The van der Waals surface area contributed by atoms with Crippen LogP contribution in [-0.2, 0) is 9.53 Å². The Hall–Kier alpha value is -0.410. The van der Waals surface area contributed by atoms with E-state index in [1.54, 1.807) is 7.11 Å². The molecule has 0 aliphatic heterocycles. The summed E-state index contributed by atoms with van der Waals surface area (Å²) in [6.45, 7) is 12.3. The lowest BCUT2D eigenvalue weighted by atomic mass is 9.86. The Kier molecular flexibility index (Phi) is 6.06. The molecular formula is C12H25NO2. The molecular weight excluding hydrogens is 190 g/mol. The van der Waals surface area contributed by atoms with Gasteiger partial charge < -0.3 is 4.74 Å². The minimum absolute atomic E-state index is 0.106. The Labute approximate surface area is 93.8 Å². The van der Waals surface area contributed by atoms with Gasteiger partial charge in [-0.25, -0.2) is 0 Å². The van der Waals surface area contributed by atoms with E-state index in [2.05, 4.69) is 18.7 Å². The Balaban J connectivity index is 4.71. The van der Waals surface area contributed by atoms with E-state index >= 15 is 0 Å². The third-order valence-electron chi connectivity index (χ3n) is 2.62. The molecule has 0 heterocycles. The van der Waals surface area contributed by atoms with E-state index in [-0.39, 0.29) is 17.2 Å². The van der Waals surface area contributed by atoms with Crippen molar-refractivity contribution in [1.29, 1.82) is 0 Å². The molecule has 90 valence electrons. The number of rotatable bonds is 6. The van der Waals surface area contributed by atoms with Crippen LogP contribution in [0.4, 0.5) is 0 Å². The lowest BCUT2D eigenvalue weighted by Gasteiger charge is -2.32. The highest BCUT2D eigenvalue weighted by Gasteiger charge is 2.32. The summed E-state index contributed by atoms with van der Waals surface area (Å²) in [6, 6.07) is -0.106. The van der Waals surface area contributed by atoms with E-state index in [1.165, 1.54) is 0 Å². The van der Waals surface area contributed by atoms with Gasteiger partial charge in [-0.15, -0.1) is 0 Å². The van der Waals surface area contributed by atoms with Crippen molar-refractivity contribution in [3.63, 3.8) is 0 Å². The molecule has 0 N–H and O–H groups in total. The van der Waals surface area contributed by atoms with Gasteiger partial charge in [-0.2, -0.15) is 0 Å². The molecule has 1 atom stereocenters. The van der Waals surface area contributed by atoms with Crippen molar-refractivity contribution in [2.45, 2.75) is 40.7 Å². The topological polar surface area (TPSA) is 29.5 Å². The molecule has 0 aromatic heterocycles. The number of hydrogen-bond donors (Lipinski definition) is 0. The maximum absolute atomic E-state index is 12.2. The van der Waals surface area contributed by atoms with Gasteiger partial charge >= 0.3 is 0 Å². The van der Waals surface area contributed by atoms with E-state index in [9.17, 15) is 4.79 Å². The van der Waals surface area contributed by atoms with Crippen molar-refractivity contribution in [3.8, 4) is 0 Å². The second-order valence-corrected chi connectivity index (χ2v) is 4.81. The van der Waals surface area contributed by atoms with Crippen LogP contribution >= 0.6 is 0 Å². The summed E-state index contributed by atoms with van der Waals surface area (Å²) >= 11 is 0. The SMILES string of the molecule is CCN(CC)[C@@H](COC)C(=O)C(C)(C)C. The molecule has 0 radical (unpaired) electrons. The second kappa shape index (κ2) is 6.23. The van der Waals surface area contributed by atoms with Gasteiger partial charge in [0.05, 0.1) is 12.6 Å². The number of ketones is 1. The molecule has 0 saturated heterocycles. The number of carbonyl (C=O) groups is 1. The third-order valence-corrected chi connectivity index (χ3v) is 2.62. The van der Waals surface area contributed by atoms with Crippen LogP contribution in [0.15, 0.2) is 0 Å². The quantitative estimate of drug-likeness (QED) is 0.678. The summed E-state index contributed by atoms with van der Waals surface area (Å²) in [5, 5.41) is 0. The van der Waals surface area contributed by atoms with Gasteiger partial charge in [-0.3, -0.25) is 9.69 Å². The molecule has 0 aliphatic carbocycles. The Morgan fingerprint density at radius 3 is 2.00 bits per heavy atom. The summed E-state index contributed by atoms with van der Waals surface area (Å²) in [5.41, 5.74) is -0.300. The number of Topliss-reactive ketones (excluding diaryl/α,β-unsaturated/α-hetero) is 1. The first-order chi connectivity index (χ1) is 6.88. The van der Waals surface area contributed by atoms with Gasteiger partial charge in [-0.05, 0) is 13.1 Å². The fourth-order valence-electron chi connectivity index (χ4n) is 1.67. The molecule has 0 aromatic rings. The van der Waals surface area contributed by atoms with Crippen LogP contribution in [-0.4, -0.2) is 43.5 Å². The highest BCUT2D eigenvalue weighted by atomic mass is 16.5. The number of hydrogen-bond acceptors (Lipinski definition) is 3. The average molecular weight is 215 g/mol. The van der Waals surface area contributed by atoms with Gasteiger partial charge in [0.25, 0.3) is 0 Å². The minimum atomic E-state index is -0.300. The lowest BCUT2D eigenvalue weighted by Crippen LogP contribution is -2.48. The van der Waals surface area contributed by atoms with E-state index < -0.39 is 0 Å². The average Bonchev–Trinajstić information content (AvgIpc) is 2.16. The summed E-state index contributed by atoms with van der Waals surface area (Å²) in [7, 11) is 1.65. The molecule has 0 aliphatic rings. The van der Waals surface area contributed by atoms with Gasteiger partial charge in [0, 0.05) is 12.5 Å².